The van der Waals surface area contributed by atoms with Crippen LogP contribution >= 0.6 is 0 Å². The molecule has 1 heterocycles. The van der Waals surface area contributed by atoms with Gasteiger partial charge in [0.05, 0.1) is 31.3 Å². The molecule has 7 heteroatoms. The van der Waals surface area contributed by atoms with Crippen molar-refractivity contribution >= 4 is 10.0 Å². The molecule has 0 fully saturated rings. The Morgan fingerprint density at radius 1 is 1.08 bits per heavy atom. The molecule has 25 heavy (non-hydrogen) atoms. The molecule has 0 bridgehead atoms. The lowest BCUT2D eigenvalue weighted by Gasteiger charge is -2.37. The Balaban J connectivity index is 2.05. The number of aliphatic hydroxyl groups is 1. The van der Waals surface area contributed by atoms with Crippen molar-refractivity contribution in [3.05, 3.63) is 53.6 Å². The highest BCUT2D eigenvalue weighted by Gasteiger charge is 2.41. The van der Waals surface area contributed by atoms with Gasteiger partial charge in [-0.25, -0.2) is 8.42 Å². The molecule has 0 radical (unpaired) electrons. The summed E-state index contributed by atoms with van der Waals surface area (Å²) in [6, 6.07) is 11.3. The van der Waals surface area contributed by atoms with Crippen molar-refractivity contribution in [1.29, 1.82) is 0 Å². The fraction of sp³-hybridized carbons (Fsp3) is 0.333. The lowest BCUT2D eigenvalue weighted by Crippen LogP contribution is -2.46. The Labute approximate surface area is 147 Å². The van der Waals surface area contributed by atoms with E-state index in [9.17, 15) is 13.5 Å². The third kappa shape index (κ3) is 2.88. The second-order valence-corrected chi connectivity index (χ2v) is 7.89. The number of rotatable bonds is 4. The van der Waals surface area contributed by atoms with Crippen LogP contribution in [0.5, 0.6) is 11.5 Å². The summed E-state index contributed by atoms with van der Waals surface area (Å²) in [6.07, 6.45) is -0.633. The van der Waals surface area contributed by atoms with Gasteiger partial charge in [-0.15, -0.1) is 0 Å². The van der Waals surface area contributed by atoms with Crippen molar-refractivity contribution in [2.24, 2.45) is 0 Å². The predicted molar refractivity (Wildman–Crippen MR) is 93.4 cm³/mol. The molecule has 0 spiro atoms. The summed E-state index contributed by atoms with van der Waals surface area (Å²) in [5, 5.41) is 10.8. The van der Waals surface area contributed by atoms with Crippen LogP contribution in [0.2, 0.25) is 0 Å². The van der Waals surface area contributed by atoms with Crippen molar-refractivity contribution in [1.82, 2.24) is 4.31 Å². The van der Waals surface area contributed by atoms with E-state index in [0.29, 0.717) is 23.5 Å². The maximum atomic E-state index is 12.8. The summed E-state index contributed by atoms with van der Waals surface area (Å²) in [4.78, 5) is 0.152. The minimum atomic E-state index is -3.66. The van der Waals surface area contributed by atoms with E-state index in [2.05, 4.69) is 0 Å². The Morgan fingerprint density at radius 2 is 1.80 bits per heavy atom. The summed E-state index contributed by atoms with van der Waals surface area (Å²) < 4.78 is 37.5. The molecule has 2 atom stereocenters. The van der Waals surface area contributed by atoms with Gasteiger partial charge in [-0.05, 0) is 24.1 Å². The van der Waals surface area contributed by atoms with Crippen LogP contribution in [0, 0.1) is 0 Å². The third-order valence-corrected chi connectivity index (χ3v) is 6.60. The minimum absolute atomic E-state index is 0.152. The molecule has 1 aliphatic heterocycles. The lowest BCUT2D eigenvalue weighted by molar-refractivity contribution is 0.0888. The van der Waals surface area contributed by atoms with E-state index in [0.717, 1.165) is 5.56 Å². The molecule has 3 rings (SSSR count). The first-order valence-electron chi connectivity index (χ1n) is 7.86. The van der Waals surface area contributed by atoms with Gasteiger partial charge in [-0.3, -0.25) is 0 Å². The van der Waals surface area contributed by atoms with Crippen LogP contribution in [0.3, 0.4) is 0 Å². The van der Waals surface area contributed by atoms with Gasteiger partial charge in [-0.2, -0.15) is 4.31 Å². The topological polar surface area (TPSA) is 76.1 Å². The average molecular weight is 363 g/mol. The third-order valence-electron chi connectivity index (χ3n) is 4.64. The highest BCUT2D eigenvalue weighted by Crippen LogP contribution is 2.39. The van der Waals surface area contributed by atoms with Gasteiger partial charge in [0.1, 0.15) is 0 Å². The minimum Gasteiger partial charge on any atom is -0.493 e. The molecule has 0 saturated carbocycles. The van der Waals surface area contributed by atoms with Crippen LogP contribution < -0.4 is 9.47 Å². The second kappa shape index (κ2) is 6.67. The number of hydrogen-bond donors (Lipinski definition) is 1. The van der Waals surface area contributed by atoms with E-state index < -0.39 is 22.2 Å². The van der Waals surface area contributed by atoms with E-state index in [1.165, 1.54) is 24.5 Å². The van der Waals surface area contributed by atoms with Crippen LogP contribution in [0.4, 0.5) is 0 Å². The average Bonchev–Trinajstić information content (AvgIpc) is 2.63. The highest BCUT2D eigenvalue weighted by atomic mass is 32.2. The number of sulfonamides is 1. The van der Waals surface area contributed by atoms with Crippen LogP contribution in [0.1, 0.15) is 17.2 Å². The molecule has 0 aromatic heterocycles. The number of aliphatic hydroxyl groups excluding tert-OH is 1. The maximum absolute atomic E-state index is 12.8. The first kappa shape index (κ1) is 17.7. The molecule has 2 aromatic rings. The summed E-state index contributed by atoms with van der Waals surface area (Å²) in [7, 11) is 0.917. The van der Waals surface area contributed by atoms with Crippen molar-refractivity contribution in [2.75, 3.05) is 21.3 Å². The maximum Gasteiger partial charge on any atom is 0.243 e. The normalized spacial score (nSPS) is 22.2. The summed E-state index contributed by atoms with van der Waals surface area (Å²) in [5.74, 6) is 1.11. The smallest absolute Gasteiger partial charge is 0.243 e. The zero-order valence-corrected chi connectivity index (χ0v) is 15.2. The molecule has 134 valence electrons. The molecular weight excluding hydrogens is 342 g/mol. The Morgan fingerprint density at radius 3 is 2.48 bits per heavy atom. The Kier molecular flexibility index (Phi) is 4.73. The zero-order chi connectivity index (χ0) is 18.2. The van der Waals surface area contributed by atoms with E-state index in [1.54, 1.807) is 31.4 Å². The van der Waals surface area contributed by atoms with Gasteiger partial charge in [0, 0.05) is 12.6 Å². The highest BCUT2D eigenvalue weighted by molar-refractivity contribution is 7.89. The fourth-order valence-corrected chi connectivity index (χ4v) is 4.87. The zero-order valence-electron chi connectivity index (χ0n) is 14.3. The lowest BCUT2D eigenvalue weighted by atomic mass is 9.95. The van der Waals surface area contributed by atoms with Crippen LogP contribution in [-0.2, 0) is 16.4 Å². The summed E-state index contributed by atoms with van der Waals surface area (Å²) in [6.45, 7) is 0. The van der Waals surface area contributed by atoms with Crippen LogP contribution in [0.15, 0.2) is 47.4 Å². The SMILES string of the molecule is COc1cccc(CC2C(O)c3ccccc3S(=O)(=O)N2C)c1OC. The van der Waals surface area contributed by atoms with Gasteiger partial charge in [-0.1, -0.05) is 30.3 Å². The quantitative estimate of drug-likeness (QED) is 0.899. The van der Waals surface area contributed by atoms with Crippen LogP contribution in [-0.4, -0.2) is 45.1 Å². The molecule has 2 unspecified atom stereocenters. The molecule has 0 aliphatic carbocycles. The molecule has 1 N–H and O–H groups in total. The van der Waals surface area contributed by atoms with Crippen LogP contribution in [0.25, 0.3) is 0 Å². The number of benzene rings is 2. The first-order valence-corrected chi connectivity index (χ1v) is 9.30. The van der Waals surface area contributed by atoms with Gasteiger partial charge in [0.15, 0.2) is 11.5 Å². The molecular formula is C18H21NO5S. The van der Waals surface area contributed by atoms with Gasteiger partial charge < -0.3 is 14.6 Å². The van der Waals surface area contributed by atoms with Crippen molar-refractivity contribution in [3.63, 3.8) is 0 Å². The Hall–Kier alpha value is -2.09. The van der Waals surface area contributed by atoms with E-state index >= 15 is 0 Å². The second-order valence-electron chi connectivity index (χ2n) is 5.93. The van der Waals surface area contributed by atoms with Gasteiger partial charge >= 0.3 is 0 Å². The number of para-hydroxylation sites is 1. The molecule has 0 saturated heterocycles. The number of hydrogen-bond acceptors (Lipinski definition) is 5. The molecule has 1 aliphatic rings. The summed E-state index contributed by atoms with van der Waals surface area (Å²) in [5.41, 5.74) is 1.19. The van der Waals surface area contributed by atoms with Crippen molar-refractivity contribution in [2.45, 2.75) is 23.5 Å². The largest absolute Gasteiger partial charge is 0.493 e. The van der Waals surface area contributed by atoms with E-state index in [4.69, 9.17) is 9.47 Å². The monoisotopic (exact) mass is 363 g/mol. The Bertz CT molecular complexity index is 881. The number of fused-ring (bicyclic) bond motifs is 1. The van der Waals surface area contributed by atoms with E-state index in [-0.39, 0.29) is 4.90 Å². The molecule has 0 amide bonds. The number of ether oxygens (including phenoxy) is 2. The first-order chi connectivity index (χ1) is 11.9. The number of likely N-dealkylation sites (N-methyl/N-ethyl adjacent to an activating group) is 1. The van der Waals surface area contributed by atoms with Gasteiger partial charge in [0.2, 0.25) is 10.0 Å². The van der Waals surface area contributed by atoms with Crippen molar-refractivity contribution in [3.8, 4) is 11.5 Å². The summed E-state index contributed by atoms with van der Waals surface area (Å²) >= 11 is 0. The van der Waals surface area contributed by atoms with E-state index in [1.807, 2.05) is 12.1 Å². The van der Waals surface area contributed by atoms with Gasteiger partial charge in [0.25, 0.3) is 0 Å². The number of methoxy groups -OCH3 is 2. The molecule has 2 aromatic carbocycles. The fourth-order valence-electron chi connectivity index (χ4n) is 3.28. The number of nitrogens with zero attached hydrogens (tertiary/aromatic N) is 1. The standard InChI is InChI=1S/C18H21NO5S/c1-19-14(11-12-7-6-9-15(23-2)18(12)24-3)17(20)13-8-4-5-10-16(13)25(19,21)22/h4-10,14,17,20H,11H2,1-3H3. The molecule has 6 nitrogen and oxygen atoms in total. The predicted octanol–water partition coefficient (Wildman–Crippen LogP) is 1.98. The van der Waals surface area contributed by atoms with Crippen molar-refractivity contribution < 1.29 is 23.0 Å².